The molecule has 0 aliphatic carbocycles. The number of likely N-dealkylation sites (N-methyl/N-ethyl adjacent to an activating group) is 1. The number of nitrogens with zero attached hydrogens (tertiary/aromatic N) is 3. The van der Waals surface area contributed by atoms with Crippen LogP contribution in [-0.4, -0.2) is 60.0 Å². The summed E-state index contributed by atoms with van der Waals surface area (Å²) in [6, 6.07) is 4.18. The molecule has 1 aromatic heterocycles. The number of aromatic nitrogens is 1. The van der Waals surface area contributed by atoms with Crippen LogP contribution in [0.3, 0.4) is 0 Å². The van der Waals surface area contributed by atoms with Crippen molar-refractivity contribution in [2.24, 2.45) is 0 Å². The van der Waals surface area contributed by atoms with Crippen molar-refractivity contribution in [3.63, 3.8) is 0 Å². The third-order valence-corrected chi connectivity index (χ3v) is 4.20. The first-order chi connectivity index (χ1) is 10.1. The van der Waals surface area contributed by atoms with Gasteiger partial charge in [0.05, 0.1) is 0 Å². The number of amides is 1. The van der Waals surface area contributed by atoms with E-state index in [1.165, 1.54) is 0 Å². The zero-order chi connectivity index (χ0) is 15.4. The minimum Gasteiger partial charge on any atom is -0.373 e. The molecule has 1 aliphatic rings. The fourth-order valence-corrected chi connectivity index (χ4v) is 2.85. The largest absolute Gasteiger partial charge is 0.373 e. The van der Waals surface area contributed by atoms with E-state index in [4.69, 9.17) is 0 Å². The van der Waals surface area contributed by atoms with Crippen molar-refractivity contribution in [3.8, 4) is 0 Å². The van der Waals surface area contributed by atoms with Crippen LogP contribution in [0.25, 0.3) is 0 Å². The van der Waals surface area contributed by atoms with Crippen molar-refractivity contribution in [3.05, 3.63) is 23.4 Å². The lowest BCUT2D eigenvalue weighted by Crippen LogP contribution is -2.53. The Kier molecular flexibility index (Phi) is 5.17. The Morgan fingerprint density at radius 2 is 2.14 bits per heavy atom. The Morgan fingerprint density at radius 1 is 1.38 bits per heavy atom. The summed E-state index contributed by atoms with van der Waals surface area (Å²) < 4.78 is 0. The molecule has 5 nitrogen and oxygen atoms in total. The van der Waals surface area contributed by atoms with E-state index in [2.05, 4.69) is 36.0 Å². The second-order valence-corrected chi connectivity index (χ2v) is 5.56. The van der Waals surface area contributed by atoms with Crippen LogP contribution in [0.5, 0.6) is 0 Å². The zero-order valence-corrected chi connectivity index (χ0v) is 13.5. The summed E-state index contributed by atoms with van der Waals surface area (Å²) in [5, 5.41) is 3.03. The van der Waals surface area contributed by atoms with Crippen LogP contribution in [0, 0.1) is 0 Å². The second-order valence-electron chi connectivity index (χ2n) is 5.56. The molecule has 0 spiro atoms. The van der Waals surface area contributed by atoms with Gasteiger partial charge in [0.15, 0.2) is 0 Å². The van der Waals surface area contributed by atoms with E-state index in [-0.39, 0.29) is 5.91 Å². The summed E-state index contributed by atoms with van der Waals surface area (Å²) in [4.78, 5) is 21.5. The van der Waals surface area contributed by atoms with Crippen LogP contribution < -0.4 is 5.32 Å². The molecule has 1 amide bonds. The van der Waals surface area contributed by atoms with Crippen LogP contribution >= 0.6 is 0 Å². The summed E-state index contributed by atoms with van der Waals surface area (Å²) in [7, 11) is 1.83. The molecule has 0 aromatic carbocycles. The third kappa shape index (κ3) is 3.53. The lowest BCUT2D eigenvalue weighted by molar-refractivity contribution is 0.0528. The number of carbonyl (C=O) groups excluding carboxylic acids is 1. The maximum atomic E-state index is 12.7. The summed E-state index contributed by atoms with van der Waals surface area (Å²) in [6.45, 7) is 10.0. The highest BCUT2D eigenvalue weighted by molar-refractivity contribution is 5.95. The minimum atomic E-state index is 0.117. The molecule has 1 atom stereocenters. The van der Waals surface area contributed by atoms with Crippen molar-refractivity contribution in [2.45, 2.75) is 33.2 Å². The van der Waals surface area contributed by atoms with Crippen LogP contribution in [0.4, 0.5) is 5.82 Å². The molecule has 1 fully saturated rings. The van der Waals surface area contributed by atoms with Crippen molar-refractivity contribution in [2.75, 3.05) is 38.5 Å². The summed E-state index contributed by atoms with van der Waals surface area (Å²) in [5.74, 6) is 0.879. The average Bonchev–Trinajstić information content (AvgIpc) is 2.53. The van der Waals surface area contributed by atoms with Crippen molar-refractivity contribution in [1.82, 2.24) is 14.8 Å². The topological polar surface area (TPSA) is 48.5 Å². The Hall–Kier alpha value is -1.62. The quantitative estimate of drug-likeness (QED) is 0.919. The molecular weight excluding hydrogens is 264 g/mol. The van der Waals surface area contributed by atoms with Gasteiger partial charge in [-0.3, -0.25) is 9.69 Å². The number of nitrogens with one attached hydrogen (secondary N) is 1. The Labute approximate surface area is 127 Å². The molecule has 2 rings (SSSR count). The van der Waals surface area contributed by atoms with Gasteiger partial charge >= 0.3 is 0 Å². The molecule has 1 unspecified atom stereocenters. The first kappa shape index (κ1) is 15.8. The molecule has 2 heterocycles. The predicted octanol–water partition coefficient (Wildman–Crippen LogP) is 1.85. The summed E-state index contributed by atoms with van der Waals surface area (Å²) in [5.41, 5.74) is 1.69. The van der Waals surface area contributed by atoms with Crippen molar-refractivity contribution in [1.29, 1.82) is 0 Å². The zero-order valence-electron chi connectivity index (χ0n) is 13.5. The molecule has 116 valence electrons. The SMILES string of the molecule is CCc1cc(C(=O)N2CCN(CC)C(C)C2)cc(NC)n1. The van der Waals surface area contributed by atoms with Crippen molar-refractivity contribution >= 4 is 11.7 Å². The molecule has 1 saturated heterocycles. The highest BCUT2D eigenvalue weighted by atomic mass is 16.2. The molecule has 0 bridgehead atoms. The Balaban J connectivity index is 2.16. The normalized spacial score (nSPS) is 19.6. The van der Waals surface area contributed by atoms with Gasteiger partial charge in [0.1, 0.15) is 5.82 Å². The minimum absolute atomic E-state index is 0.117. The highest BCUT2D eigenvalue weighted by Crippen LogP contribution is 2.16. The van der Waals surface area contributed by atoms with E-state index >= 15 is 0 Å². The van der Waals surface area contributed by atoms with Gasteiger partial charge in [0.25, 0.3) is 5.91 Å². The first-order valence-corrected chi connectivity index (χ1v) is 7.81. The van der Waals surface area contributed by atoms with E-state index in [0.29, 0.717) is 6.04 Å². The van der Waals surface area contributed by atoms with Crippen LogP contribution in [0.15, 0.2) is 12.1 Å². The van der Waals surface area contributed by atoms with Gasteiger partial charge in [-0.25, -0.2) is 4.98 Å². The van der Waals surface area contributed by atoms with Crippen LogP contribution in [0.2, 0.25) is 0 Å². The van der Waals surface area contributed by atoms with Gasteiger partial charge in [0.2, 0.25) is 0 Å². The van der Waals surface area contributed by atoms with Gasteiger partial charge < -0.3 is 10.2 Å². The number of anilines is 1. The number of hydrogen-bond acceptors (Lipinski definition) is 4. The second kappa shape index (κ2) is 6.89. The number of carbonyl (C=O) groups is 1. The van der Waals surface area contributed by atoms with Gasteiger partial charge in [-0.15, -0.1) is 0 Å². The maximum Gasteiger partial charge on any atom is 0.254 e. The van der Waals surface area contributed by atoms with Gasteiger partial charge in [-0.1, -0.05) is 13.8 Å². The molecule has 21 heavy (non-hydrogen) atoms. The standard InChI is InChI=1S/C16H26N4O/c1-5-14-9-13(10-15(17-4)18-14)16(21)20-8-7-19(6-2)12(3)11-20/h9-10,12H,5-8,11H2,1-4H3,(H,17,18). The Morgan fingerprint density at radius 3 is 2.71 bits per heavy atom. The Bertz CT molecular complexity index is 481. The monoisotopic (exact) mass is 290 g/mol. The van der Waals surface area contributed by atoms with Crippen LogP contribution in [-0.2, 0) is 6.42 Å². The van der Waals surface area contributed by atoms with E-state index < -0.39 is 0 Å². The van der Waals surface area contributed by atoms with E-state index in [9.17, 15) is 4.79 Å². The summed E-state index contributed by atoms with van der Waals surface area (Å²) in [6.07, 6.45) is 0.829. The van der Waals surface area contributed by atoms with Gasteiger partial charge in [-0.2, -0.15) is 0 Å². The smallest absolute Gasteiger partial charge is 0.254 e. The highest BCUT2D eigenvalue weighted by Gasteiger charge is 2.26. The lowest BCUT2D eigenvalue weighted by atomic mass is 10.1. The number of rotatable bonds is 4. The number of pyridine rings is 1. The van der Waals surface area contributed by atoms with E-state index in [1.807, 2.05) is 24.1 Å². The van der Waals surface area contributed by atoms with E-state index in [0.717, 1.165) is 49.7 Å². The van der Waals surface area contributed by atoms with E-state index in [1.54, 1.807) is 0 Å². The van der Waals surface area contributed by atoms with Gasteiger partial charge in [-0.05, 0) is 32.0 Å². The fraction of sp³-hybridized carbons (Fsp3) is 0.625. The molecular formula is C16H26N4O. The first-order valence-electron chi connectivity index (χ1n) is 7.81. The number of piperazine rings is 1. The lowest BCUT2D eigenvalue weighted by Gasteiger charge is -2.39. The van der Waals surface area contributed by atoms with Crippen LogP contribution in [0.1, 0.15) is 36.8 Å². The number of hydrogen-bond donors (Lipinski definition) is 1. The summed E-state index contributed by atoms with van der Waals surface area (Å²) >= 11 is 0. The average molecular weight is 290 g/mol. The molecule has 0 radical (unpaired) electrons. The predicted molar refractivity (Wildman–Crippen MR) is 85.8 cm³/mol. The fourth-order valence-electron chi connectivity index (χ4n) is 2.85. The molecule has 5 heteroatoms. The number of aryl methyl sites for hydroxylation is 1. The molecule has 0 saturated carbocycles. The molecule has 1 aliphatic heterocycles. The van der Waals surface area contributed by atoms with Crippen molar-refractivity contribution < 1.29 is 4.79 Å². The molecule has 1 aromatic rings. The van der Waals surface area contributed by atoms with Gasteiger partial charge in [0, 0.05) is 44.0 Å². The maximum absolute atomic E-state index is 12.7. The molecule has 1 N–H and O–H groups in total. The third-order valence-electron chi connectivity index (χ3n) is 4.20.